The van der Waals surface area contributed by atoms with Crippen molar-refractivity contribution in [1.29, 1.82) is 0 Å². The molecule has 0 aliphatic heterocycles. The molecule has 0 N–H and O–H groups in total. The zero-order chi connectivity index (χ0) is 23.5. The molecule has 0 radical (unpaired) electrons. The molecule has 1 nitrogen and oxygen atoms in total. The molecule has 33 heavy (non-hydrogen) atoms. The van der Waals surface area contributed by atoms with Crippen molar-refractivity contribution in [2.45, 2.75) is 129 Å². The van der Waals surface area contributed by atoms with Crippen molar-refractivity contribution in [3.63, 3.8) is 0 Å². The van der Waals surface area contributed by atoms with E-state index in [1.807, 2.05) is 0 Å². The van der Waals surface area contributed by atoms with Crippen molar-refractivity contribution in [1.82, 2.24) is 0 Å². The molecule has 0 atom stereocenters. The van der Waals surface area contributed by atoms with Gasteiger partial charge in [0.25, 0.3) is 0 Å². The van der Waals surface area contributed by atoms with Crippen LogP contribution in [0.3, 0.4) is 0 Å². The molecule has 3 rings (SSSR count). The van der Waals surface area contributed by atoms with Crippen molar-refractivity contribution in [3.05, 3.63) is 29.3 Å². The van der Waals surface area contributed by atoms with Gasteiger partial charge in [0.1, 0.15) is 0 Å². The predicted octanol–water partition coefficient (Wildman–Crippen LogP) is 9.97. The third-order valence-electron chi connectivity index (χ3n) is 8.57. The summed E-state index contributed by atoms with van der Waals surface area (Å²) in [6.45, 7) is 4.96. The number of hydrogen-bond donors (Lipinski definition) is 0. The molecule has 1 aromatic rings. The Hall–Kier alpha value is -1.12. The van der Waals surface area contributed by atoms with Crippen molar-refractivity contribution >= 4 is 0 Å². The molecule has 188 valence electrons. The fourth-order valence-electron chi connectivity index (χ4n) is 6.38. The molecule has 1 aromatic carbocycles. The molecule has 0 saturated heterocycles. The fourth-order valence-corrected chi connectivity index (χ4v) is 6.38. The molecular weight excluding hydrogens is 414 g/mol. The van der Waals surface area contributed by atoms with Crippen LogP contribution in [0.2, 0.25) is 0 Å². The van der Waals surface area contributed by atoms with Gasteiger partial charge in [-0.2, -0.15) is 4.39 Å². The van der Waals surface area contributed by atoms with Gasteiger partial charge in [-0.05, 0) is 80.2 Å². The molecule has 2 fully saturated rings. The predicted molar refractivity (Wildman–Crippen MR) is 135 cm³/mol. The van der Waals surface area contributed by atoms with Gasteiger partial charge < -0.3 is 4.74 Å². The minimum atomic E-state index is -0.786. The third kappa shape index (κ3) is 7.96. The third-order valence-corrected chi connectivity index (χ3v) is 8.57. The molecule has 0 aromatic heterocycles. The molecule has 0 spiro atoms. The number of rotatable bonds is 13. The highest BCUT2D eigenvalue weighted by Gasteiger charge is 2.32. The van der Waals surface area contributed by atoms with Gasteiger partial charge >= 0.3 is 0 Å². The van der Waals surface area contributed by atoms with Crippen LogP contribution in [0.25, 0.3) is 0 Å². The zero-order valence-electron chi connectivity index (χ0n) is 21.4. The van der Waals surface area contributed by atoms with Crippen LogP contribution in [0.1, 0.15) is 134 Å². The Kier molecular flexibility index (Phi) is 11.5. The average molecular weight is 463 g/mol. The Balaban J connectivity index is 1.42. The van der Waals surface area contributed by atoms with E-state index in [-0.39, 0.29) is 11.7 Å². The lowest BCUT2D eigenvalue weighted by Gasteiger charge is -2.38. The Labute approximate surface area is 202 Å². The van der Waals surface area contributed by atoms with E-state index < -0.39 is 11.6 Å². The number of halogens is 2. The first kappa shape index (κ1) is 26.5. The number of ether oxygens (including phenoxy) is 1. The van der Waals surface area contributed by atoms with E-state index in [0.717, 1.165) is 43.4 Å². The van der Waals surface area contributed by atoms with Crippen LogP contribution in [-0.4, -0.2) is 6.61 Å². The van der Waals surface area contributed by atoms with E-state index >= 15 is 0 Å². The van der Waals surface area contributed by atoms with E-state index in [1.54, 1.807) is 12.1 Å². The van der Waals surface area contributed by atoms with Gasteiger partial charge in [-0.25, -0.2) is 4.39 Å². The van der Waals surface area contributed by atoms with E-state index in [0.29, 0.717) is 12.2 Å². The second kappa shape index (κ2) is 14.3. The molecule has 0 heterocycles. The number of unbranched alkanes of at least 4 members (excludes halogenated alkanes) is 6. The summed E-state index contributed by atoms with van der Waals surface area (Å²) in [5.41, 5.74) is 0.570. The Morgan fingerprint density at radius 3 is 1.97 bits per heavy atom. The molecule has 2 aliphatic rings. The Morgan fingerprint density at radius 1 is 0.697 bits per heavy atom. The normalized spacial score (nSPS) is 25.8. The van der Waals surface area contributed by atoms with Gasteiger partial charge in [-0.3, -0.25) is 0 Å². The largest absolute Gasteiger partial charge is 0.490 e. The molecular formula is C30H48F2O. The van der Waals surface area contributed by atoms with E-state index in [2.05, 4.69) is 13.8 Å². The summed E-state index contributed by atoms with van der Waals surface area (Å²) < 4.78 is 35.2. The lowest BCUT2D eigenvalue weighted by molar-refractivity contribution is 0.155. The van der Waals surface area contributed by atoms with Gasteiger partial charge in [-0.1, -0.05) is 84.1 Å². The molecule has 0 amide bonds. The minimum absolute atomic E-state index is 0.0818. The summed E-state index contributed by atoms with van der Waals surface area (Å²) in [7, 11) is 0. The summed E-state index contributed by atoms with van der Waals surface area (Å²) in [5, 5.41) is 0. The summed E-state index contributed by atoms with van der Waals surface area (Å²) in [4.78, 5) is 0. The maximum Gasteiger partial charge on any atom is 0.200 e. The highest BCUT2D eigenvalue weighted by Crippen LogP contribution is 2.45. The summed E-state index contributed by atoms with van der Waals surface area (Å²) in [6.07, 6.45) is 21.0. The van der Waals surface area contributed by atoms with E-state index in [9.17, 15) is 8.78 Å². The molecule has 0 unspecified atom stereocenters. The fraction of sp³-hybridized carbons (Fsp3) is 0.800. The second-order valence-corrected chi connectivity index (χ2v) is 10.9. The number of benzene rings is 1. The van der Waals surface area contributed by atoms with Crippen molar-refractivity contribution in [2.24, 2.45) is 17.8 Å². The Bertz CT molecular complexity index is 672. The van der Waals surface area contributed by atoms with Crippen molar-refractivity contribution < 1.29 is 13.5 Å². The Morgan fingerprint density at radius 2 is 1.30 bits per heavy atom. The van der Waals surface area contributed by atoms with E-state index in [4.69, 9.17) is 4.74 Å². The SMILES string of the molecule is CCCCCCCCOc1ccc(C2CCC(C3CCC(CCCC)CC3)CC2)c(F)c1F. The van der Waals surface area contributed by atoms with Crippen molar-refractivity contribution in [3.8, 4) is 5.75 Å². The number of hydrogen-bond acceptors (Lipinski definition) is 1. The lowest BCUT2D eigenvalue weighted by atomic mass is 9.68. The van der Waals surface area contributed by atoms with Crippen LogP contribution >= 0.6 is 0 Å². The minimum Gasteiger partial charge on any atom is -0.490 e. The highest BCUT2D eigenvalue weighted by molar-refractivity contribution is 5.33. The maximum absolute atomic E-state index is 14.9. The van der Waals surface area contributed by atoms with Gasteiger partial charge in [0.05, 0.1) is 6.61 Å². The first-order valence-electron chi connectivity index (χ1n) is 14.2. The van der Waals surface area contributed by atoms with Crippen molar-refractivity contribution in [2.75, 3.05) is 6.61 Å². The summed E-state index contributed by atoms with van der Waals surface area (Å²) >= 11 is 0. The average Bonchev–Trinajstić information content (AvgIpc) is 2.85. The molecule has 2 aliphatic carbocycles. The van der Waals surface area contributed by atoms with Crippen LogP contribution in [0.5, 0.6) is 5.75 Å². The standard InChI is InChI=1S/C30H48F2O/c1-3-5-7-8-9-10-22-33-28-21-20-27(29(31)30(28)32)26-18-16-25(17-19-26)24-14-12-23(13-15-24)11-6-4-2/h20-21,23-26H,3-19,22H2,1-2H3. The van der Waals surface area contributed by atoms with Crippen LogP contribution in [0, 0.1) is 29.4 Å². The zero-order valence-corrected chi connectivity index (χ0v) is 21.4. The smallest absolute Gasteiger partial charge is 0.200 e. The summed E-state index contributed by atoms with van der Waals surface area (Å²) in [5.74, 6) is 1.39. The van der Waals surface area contributed by atoms with Gasteiger partial charge in [0.15, 0.2) is 11.6 Å². The van der Waals surface area contributed by atoms with E-state index in [1.165, 1.54) is 83.5 Å². The van der Waals surface area contributed by atoms with Gasteiger partial charge in [-0.15, -0.1) is 0 Å². The van der Waals surface area contributed by atoms with Crippen LogP contribution in [0.15, 0.2) is 12.1 Å². The quantitative estimate of drug-likeness (QED) is 0.265. The first-order valence-corrected chi connectivity index (χ1v) is 14.2. The van der Waals surface area contributed by atoms with Crippen LogP contribution in [0.4, 0.5) is 8.78 Å². The second-order valence-electron chi connectivity index (χ2n) is 10.9. The molecule has 0 bridgehead atoms. The van der Waals surface area contributed by atoms with Gasteiger partial charge in [0.2, 0.25) is 5.82 Å². The lowest BCUT2D eigenvalue weighted by Crippen LogP contribution is -2.25. The monoisotopic (exact) mass is 462 g/mol. The van der Waals surface area contributed by atoms with Gasteiger partial charge in [0, 0.05) is 0 Å². The first-order chi connectivity index (χ1) is 16.1. The summed E-state index contributed by atoms with van der Waals surface area (Å²) in [6, 6.07) is 3.45. The molecule has 2 saturated carbocycles. The maximum atomic E-state index is 14.9. The topological polar surface area (TPSA) is 9.23 Å². The van der Waals surface area contributed by atoms with Crippen LogP contribution in [-0.2, 0) is 0 Å². The highest BCUT2D eigenvalue weighted by atomic mass is 19.2. The van der Waals surface area contributed by atoms with Crippen LogP contribution < -0.4 is 4.74 Å². The molecule has 3 heteroatoms.